The number of sulfone groups is 3. The Bertz CT molecular complexity index is 7830. The van der Waals surface area contributed by atoms with Gasteiger partial charge in [-0.1, -0.05) is 227 Å². The first-order chi connectivity index (χ1) is 54.7. The maximum Gasteiger partial charge on any atom is 0.210 e. The molecule has 1 unspecified atom stereocenters. The van der Waals surface area contributed by atoms with Crippen molar-refractivity contribution in [1.29, 1.82) is 0 Å². The monoisotopic (exact) mass is 1500 g/mol. The highest BCUT2D eigenvalue weighted by Gasteiger charge is 2.40. The lowest BCUT2D eigenvalue weighted by Crippen LogP contribution is -2.22. The topological polar surface area (TPSA) is 156 Å². The zero-order valence-electron chi connectivity index (χ0n) is 60.8. The van der Waals surface area contributed by atoms with Crippen molar-refractivity contribution in [3.8, 4) is 61.6 Å². The van der Waals surface area contributed by atoms with Gasteiger partial charge < -0.3 is 0 Å². The van der Waals surface area contributed by atoms with Gasteiger partial charge in [0.05, 0.1) is 79.5 Å². The number of fused-ring (bicyclic) bond motifs is 11. The molecule has 0 fully saturated rings. The molecule has 25 rings (SSSR count). The molecule has 0 saturated heterocycles. The molecule has 8 aliphatic rings. The van der Waals surface area contributed by atoms with E-state index in [1.807, 2.05) is 81.3 Å². The van der Waals surface area contributed by atoms with Crippen LogP contribution >= 0.6 is 0 Å². The van der Waals surface area contributed by atoms with Crippen LogP contribution in [0.3, 0.4) is 0 Å². The molecular weight excluding hydrogens is 1440 g/mol. The van der Waals surface area contributed by atoms with Crippen molar-refractivity contribution in [1.82, 2.24) is 28.7 Å². The van der Waals surface area contributed by atoms with E-state index in [2.05, 4.69) is 196 Å². The maximum absolute atomic E-state index is 14.0. The second-order valence-corrected chi connectivity index (χ2v) is 35.6. The van der Waals surface area contributed by atoms with Gasteiger partial charge in [-0.2, -0.15) is 0 Å². The van der Waals surface area contributed by atoms with Gasteiger partial charge in [-0.15, -0.1) is 0 Å². The SMILES string of the molecule is CCc1nc2cccc3c2n1-c1ccc(-c2ccc4c5c(cccc25)-c2ccccc2-4)cc1S3(=O)=O.CCc1nc2cccc3c2n1-c1ccc(-c2ccc4c5cccc6cccc(c7cccc2c74)c65)cc1S3(=O)=O.CCc1nc2cccc3c2n1-c1ccc(C2=C4C=CC=C5C=CC6=C(C(=C2)CC=C6)C54)cc1S3(=O)=O. The summed E-state index contributed by atoms with van der Waals surface area (Å²) in [6.45, 7) is 6.15. The summed E-state index contributed by atoms with van der Waals surface area (Å²) in [5.41, 5.74) is 23.6. The number of aromatic nitrogens is 6. The van der Waals surface area contributed by atoms with E-state index in [1.165, 1.54) is 93.2 Å². The van der Waals surface area contributed by atoms with Crippen molar-refractivity contribution < 1.29 is 25.3 Å². The van der Waals surface area contributed by atoms with Crippen LogP contribution in [0.2, 0.25) is 0 Å². The van der Waals surface area contributed by atoms with Crippen molar-refractivity contribution in [2.24, 2.45) is 5.92 Å². The lowest BCUT2D eigenvalue weighted by atomic mass is 9.66. The van der Waals surface area contributed by atoms with Crippen molar-refractivity contribution >= 4 is 122 Å². The molecular formula is C97H64N6O6S3. The minimum Gasteiger partial charge on any atom is -0.294 e. The molecule has 17 aromatic rings. The Balaban J connectivity index is 0.000000100. The van der Waals surface area contributed by atoms with Gasteiger partial charge in [0.1, 0.15) is 17.5 Å². The number of hydrogen-bond acceptors (Lipinski definition) is 9. The largest absolute Gasteiger partial charge is 0.294 e. The van der Waals surface area contributed by atoms with Crippen LogP contribution in [0.5, 0.6) is 0 Å². The summed E-state index contributed by atoms with van der Waals surface area (Å²) >= 11 is 0. The Morgan fingerprint density at radius 3 is 1.36 bits per heavy atom. The van der Waals surface area contributed by atoms with Crippen LogP contribution in [0.1, 0.15) is 50.2 Å². The van der Waals surface area contributed by atoms with Gasteiger partial charge in [-0.3, -0.25) is 13.7 Å². The molecule has 0 amide bonds. The maximum atomic E-state index is 14.0. The summed E-state index contributed by atoms with van der Waals surface area (Å²) in [6.07, 6.45) is 20.7. The van der Waals surface area contributed by atoms with E-state index in [-0.39, 0.29) is 5.92 Å². The second kappa shape index (κ2) is 23.3. The van der Waals surface area contributed by atoms with Crippen LogP contribution in [0, 0.1) is 5.92 Å². The van der Waals surface area contributed by atoms with Gasteiger partial charge in [0.25, 0.3) is 0 Å². The van der Waals surface area contributed by atoms with E-state index in [0.717, 1.165) is 85.5 Å². The second-order valence-electron chi connectivity index (χ2n) is 29.9. The highest BCUT2D eigenvalue weighted by molar-refractivity contribution is 7.92. The summed E-state index contributed by atoms with van der Waals surface area (Å²) in [7, 11) is -11.1. The van der Waals surface area contributed by atoms with Crippen molar-refractivity contribution in [2.45, 2.75) is 75.8 Å². The van der Waals surface area contributed by atoms with E-state index in [1.54, 1.807) is 36.4 Å². The number of nitrogens with zero attached hydrogens (tertiary/aromatic N) is 6. The molecule has 6 heterocycles. The van der Waals surface area contributed by atoms with Crippen LogP contribution in [0.25, 0.3) is 154 Å². The number of rotatable bonds is 6. The number of aryl methyl sites for hydroxylation is 3. The van der Waals surface area contributed by atoms with E-state index in [9.17, 15) is 25.3 Å². The Kier molecular flexibility index (Phi) is 13.5. The first-order valence-electron chi connectivity index (χ1n) is 38.1. The zero-order valence-corrected chi connectivity index (χ0v) is 63.3. The molecule has 3 aliphatic heterocycles. The minimum atomic E-state index is -3.72. The van der Waals surface area contributed by atoms with Crippen LogP contribution in [0.4, 0.5) is 0 Å². The molecule has 112 heavy (non-hydrogen) atoms. The molecule has 536 valence electrons. The highest BCUT2D eigenvalue weighted by Crippen LogP contribution is 2.54. The Hall–Kier alpha value is -12.9. The average molecular weight is 1510 g/mol. The summed E-state index contributed by atoms with van der Waals surface area (Å²) in [5.74, 6) is 2.80. The molecule has 0 bridgehead atoms. The highest BCUT2D eigenvalue weighted by atomic mass is 32.2. The smallest absolute Gasteiger partial charge is 0.210 e. The van der Waals surface area contributed by atoms with Crippen LogP contribution in [-0.4, -0.2) is 53.9 Å². The molecule has 3 aromatic heterocycles. The summed E-state index contributed by atoms with van der Waals surface area (Å²) in [4.78, 5) is 16.2. The molecule has 0 saturated carbocycles. The molecule has 1 atom stereocenters. The fourth-order valence-corrected chi connectivity index (χ4v) is 24.5. The van der Waals surface area contributed by atoms with E-state index in [0.29, 0.717) is 81.3 Å². The number of hydrogen-bond donors (Lipinski definition) is 0. The van der Waals surface area contributed by atoms with Gasteiger partial charge >= 0.3 is 0 Å². The quantitative estimate of drug-likeness (QED) is 0.117. The summed E-state index contributed by atoms with van der Waals surface area (Å²) in [6, 6.07) is 76.7. The van der Waals surface area contributed by atoms with Crippen LogP contribution < -0.4 is 0 Å². The Morgan fingerprint density at radius 2 is 0.812 bits per heavy atom. The third-order valence-corrected chi connectivity index (χ3v) is 29.7. The van der Waals surface area contributed by atoms with Crippen molar-refractivity contribution in [3.05, 3.63) is 330 Å². The molecule has 15 heteroatoms. The molecule has 0 spiro atoms. The number of para-hydroxylation sites is 3. The minimum absolute atomic E-state index is 0.197. The third-order valence-electron chi connectivity index (χ3n) is 24.3. The number of imidazole rings is 3. The summed E-state index contributed by atoms with van der Waals surface area (Å²) < 4.78 is 89.6. The molecule has 0 N–H and O–H groups in total. The van der Waals surface area contributed by atoms with E-state index >= 15 is 0 Å². The van der Waals surface area contributed by atoms with E-state index < -0.39 is 29.5 Å². The fourth-order valence-electron chi connectivity index (χ4n) is 19.5. The third kappa shape index (κ3) is 8.75. The van der Waals surface area contributed by atoms with Crippen LogP contribution in [0.15, 0.2) is 336 Å². The van der Waals surface area contributed by atoms with Gasteiger partial charge in [0, 0.05) is 25.2 Å². The predicted molar refractivity (Wildman–Crippen MR) is 447 cm³/mol. The molecule has 12 nitrogen and oxygen atoms in total. The molecule has 14 aromatic carbocycles. The first kappa shape index (κ1) is 65.0. The van der Waals surface area contributed by atoms with Crippen LogP contribution in [-0.2, 0) is 48.8 Å². The normalized spacial score (nSPS) is 16.7. The van der Waals surface area contributed by atoms with Gasteiger partial charge in [-0.05, 0) is 217 Å². The number of allylic oxidation sites excluding steroid dienone is 14. The lowest BCUT2D eigenvalue weighted by Gasteiger charge is -2.37. The molecule has 5 aliphatic carbocycles. The van der Waals surface area contributed by atoms with Crippen molar-refractivity contribution in [3.63, 3.8) is 0 Å². The first-order valence-corrected chi connectivity index (χ1v) is 42.5. The predicted octanol–water partition coefficient (Wildman–Crippen LogP) is 22.0. The standard InChI is InChI=1S/C35H22N2O2S.C31H22N2O2S.C31H20N2O2S/c1-2-32-36-28-13-6-14-30-35(28)37(32)29-18-15-21(19-31(29)40(30,38)39)22-16-17-27-25-10-4-8-20-7-3-9-24(33(20)25)26-12-5-11-23(22)34(26)27;1-2-28-32-24-10-5-11-26-31(24)33(28)25-15-14-20(17-27(25)36(26,34)35)23-16-21-8-3-6-18-12-13-19-7-4-9-22(23)30(19)29(18)21;1-2-29-32-25-11-6-12-27-31(25)33(29)26-16-13-18(17-28(26)36(27,34)35)19-14-15-24-21-8-4-3-7-20(21)23-10-5-9-22(19)30(23)24/h3-19H,2H2,1H3;3-7,9-17,30H,2,8H2,1H3;3-17H,2H2,1H3. The molecule has 0 radical (unpaired) electrons. The van der Waals surface area contributed by atoms with Gasteiger partial charge in [0.15, 0.2) is 0 Å². The van der Waals surface area contributed by atoms with Crippen molar-refractivity contribution in [2.75, 3.05) is 0 Å². The fraction of sp³-hybridized carbons (Fsp3) is 0.0825. The Labute approximate surface area is 644 Å². The lowest BCUT2D eigenvalue weighted by molar-refractivity contribution is 0.592. The number of benzene rings is 14. The average Bonchev–Trinajstić information content (AvgIpc) is 1.34. The van der Waals surface area contributed by atoms with Gasteiger partial charge in [0.2, 0.25) is 29.5 Å². The Morgan fingerprint density at radius 1 is 0.375 bits per heavy atom. The zero-order chi connectivity index (χ0) is 75.1. The van der Waals surface area contributed by atoms with E-state index in [4.69, 9.17) is 15.0 Å². The van der Waals surface area contributed by atoms with Gasteiger partial charge in [-0.25, -0.2) is 40.2 Å². The summed E-state index contributed by atoms with van der Waals surface area (Å²) in [5, 5.41) is 12.1.